The van der Waals surface area contributed by atoms with Gasteiger partial charge < -0.3 is 10.0 Å². The maximum Gasteiger partial charge on any atom is 0.270 e. The number of amides is 1. The Balaban J connectivity index is 1.92. The largest absolute Gasteiger partial charge is 0.393 e. The number of halogens is 1. The lowest BCUT2D eigenvalue weighted by Gasteiger charge is -2.37. The average molecular weight is 402 g/mol. The van der Waals surface area contributed by atoms with Crippen molar-refractivity contribution in [2.24, 2.45) is 0 Å². The quantitative estimate of drug-likeness (QED) is 0.468. The molecule has 2 aliphatic rings. The average Bonchev–Trinajstić information content (AvgIpc) is 2.70. The number of nitrogens with zero attached hydrogens (tertiary/aromatic N) is 2. The van der Waals surface area contributed by atoms with E-state index in [1.54, 1.807) is 6.07 Å². The van der Waals surface area contributed by atoms with E-state index in [2.05, 4.69) is 0 Å². The molecule has 2 bridgehead atoms. The summed E-state index contributed by atoms with van der Waals surface area (Å²) in [4.78, 5) is 25.0. The fourth-order valence-corrected chi connectivity index (χ4v) is 3.98. The Bertz CT molecular complexity index is 593. The van der Waals surface area contributed by atoms with Gasteiger partial charge in [-0.25, -0.2) is 0 Å². The molecule has 1 aromatic carbocycles. The number of benzene rings is 1. The molecular formula is C14H15IN2O4. The van der Waals surface area contributed by atoms with E-state index in [-0.39, 0.29) is 29.8 Å². The molecule has 7 heteroatoms. The van der Waals surface area contributed by atoms with Crippen LogP contribution < -0.4 is 0 Å². The number of nitro benzene ring substituents is 1. The van der Waals surface area contributed by atoms with E-state index in [9.17, 15) is 20.0 Å². The van der Waals surface area contributed by atoms with Gasteiger partial charge in [0.15, 0.2) is 0 Å². The lowest BCUT2D eigenvalue weighted by atomic mass is 9.98. The molecule has 0 radical (unpaired) electrons. The number of carbonyl (C=O) groups excluding carboxylic acids is 1. The zero-order chi connectivity index (χ0) is 15.1. The van der Waals surface area contributed by atoms with Crippen LogP contribution in [0, 0.1) is 13.7 Å². The van der Waals surface area contributed by atoms with E-state index in [0.717, 1.165) is 12.8 Å². The first kappa shape index (κ1) is 14.7. The molecule has 2 heterocycles. The molecular weight excluding hydrogens is 387 g/mol. The molecule has 1 N–H and O–H groups in total. The molecule has 3 rings (SSSR count). The van der Waals surface area contributed by atoms with E-state index in [1.165, 1.54) is 12.1 Å². The van der Waals surface area contributed by atoms with E-state index in [4.69, 9.17) is 0 Å². The molecule has 2 saturated heterocycles. The summed E-state index contributed by atoms with van der Waals surface area (Å²) < 4.78 is 0.716. The Morgan fingerprint density at radius 1 is 1.33 bits per heavy atom. The highest BCUT2D eigenvalue weighted by Crippen LogP contribution is 2.37. The Morgan fingerprint density at radius 3 is 2.52 bits per heavy atom. The van der Waals surface area contributed by atoms with E-state index >= 15 is 0 Å². The summed E-state index contributed by atoms with van der Waals surface area (Å²) in [6.45, 7) is 0. The van der Waals surface area contributed by atoms with Crippen molar-refractivity contribution in [2.75, 3.05) is 0 Å². The molecule has 0 aliphatic carbocycles. The van der Waals surface area contributed by atoms with Gasteiger partial charge in [0, 0.05) is 27.8 Å². The molecule has 112 valence electrons. The van der Waals surface area contributed by atoms with Gasteiger partial charge in [-0.15, -0.1) is 0 Å². The van der Waals surface area contributed by atoms with Crippen molar-refractivity contribution in [1.82, 2.24) is 4.90 Å². The van der Waals surface area contributed by atoms with Gasteiger partial charge in [-0.3, -0.25) is 14.9 Å². The molecule has 1 amide bonds. The third-order valence-electron chi connectivity index (χ3n) is 4.33. The molecule has 2 atom stereocenters. The number of fused-ring (bicyclic) bond motifs is 2. The highest BCUT2D eigenvalue weighted by molar-refractivity contribution is 14.1. The zero-order valence-electron chi connectivity index (χ0n) is 11.2. The molecule has 2 fully saturated rings. The molecule has 2 unspecified atom stereocenters. The van der Waals surface area contributed by atoms with E-state index in [1.807, 2.05) is 27.5 Å². The van der Waals surface area contributed by atoms with Crippen molar-refractivity contribution >= 4 is 34.2 Å². The summed E-state index contributed by atoms with van der Waals surface area (Å²) in [5.74, 6) is -0.150. The maximum atomic E-state index is 12.8. The van der Waals surface area contributed by atoms with Crippen LogP contribution in [0.15, 0.2) is 18.2 Å². The number of carbonyl (C=O) groups is 1. The molecule has 6 nitrogen and oxygen atoms in total. The van der Waals surface area contributed by atoms with Gasteiger partial charge in [-0.05, 0) is 54.3 Å². The van der Waals surface area contributed by atoms with Crippen LogP contribution in [0.1, 0.15) is 36.0 Å². The van der Waals surface area contributed by atoms with E-state index in [0.29, 0.717) is 22.0 Å². The van der Waals surface area contributed by atoms with Gasteiger partial charge in [-0.1, -0.05) is 0 Å². The summed E-state index contributed by atoms with van der Waals surface area (Å²) in [5.41, 5.74) is 0.321. The van der Waals surface area contributed by atoms with E-state index < -0.39 is 4.92 Å². The molecule has 0 saturated carbocycles. The minimum atomic E-state index is -0.485. The van der Waals surface area contributed by atoms with Crippen molar-refractivity contribution in [2.45, 2.75) is 43.9 Å². The number of non-ortho nitro benzene ring substituents is 1. The molecule has 0 aromatic heterocycles. The number of hydrogen-bond acceptors (Lipinski definition) is 4. The summed E-state index contributed by atoms with van der Waals surface area (Å²) in [6, 6.07) is 4.48. The number of piperidine rings is 1. The molecule has 21 heavy (non-hydrogen) atoms. The van der Waals surface area contributed by atoms with Crippen LogP contribution in [-0.2, 0) is 0 Å². The fourth-order valence-electron chi connectivity index (χ4n) is 3.41. The predicted octanol–water partition coefficient (Wildman–Crippen LogP) is 2.33. The number of aliphatic hydroxyl groups is 1. The van der Waals surface area contributed by atoms with Crippen LogP contribution >= 0.6 is 22.6 Å². The van der Waals surface area contributed by atoms with Crippen molar-refractivity contribution in [3.05, 3.63) is 37.4 Å². The third kappa shape index (κ3) is 2.64. The summed E-state index contributed by atoms with van der Waals surface area (Å²) >= 11 is 2.03. The van der Waals surface area contributed by atoms with Gasteiger partial charge in [0.05, 0.1) is 16.6 Å². The standard InChI is InChI=1S/C14H15IN2O4/c15-13-4-3-10(17(20)21)7-12(13)14(19)16-8-1-2-9(16)6-11(18)5-8/h3-4,7-9,11,18H,1-2,5-6H2. The Labute approximate surface area is 135 Å². The first-order valence-corrected chi connectivity index (χ1v) is 8.00. The highest BCUT2D eigenvalue weighted by Gasteiger charge is 2.43. The summed E-state index contributed by atoms with van der Waals surface area (Å²) in [6.07, 6.45) is 2.68. The van der Waals surface area contributed by atoms with Gasteiger partial charge in [-0.2, -0.15) is 0 Å². The van der Waals surface area contributed by atoms with Crippen molar-refractivity contribution in [3.8, 4) is 0 Å². The number of aliphatic hydroxyl groups excluding tert-OH is 1. The number of nitro groups is 1. The maximum absolute atomic E-state index is 12.8. The van der Waals surface area contributed by atoms with Crippen LogP contribution in [0.3, 0.4) is 0 Å². The second-order valence-corrected chi connectivity index (χ2v) is 6.81. The minimum Gasteiger partial charge on any atom is -0.393 e. The van der Waals surface area contributed by atoms with Crippen LogP contribution in [0.2, 0.25) is 0 Å². The first-order chi connectivity index (χ1) is 9.97. The minimum absolute atomic E-state index is 0.0568. The van der Waals surface area contributed by atoms with Crippen LogP contribution in [0.5, 0.6) is 0 Å². The van der Waals surface area contributed by atoms with Gasteiger partial charge in [0.2, 0.25) is 0 Å². The second-order valence-electron chi connectivity index (χ2n) is 5.64. The Hall–Kier alpha value is -1.22. The van der Waals surface area contributed by atoms with Gasteiger partial charge >= 0.3 is 0 Å². The van der Waals surface area contributed by atoms with Crippen LogP contribution in [0.25, 0.3) is 0 Å². The lowest BCUT2D eigenvalue weighted by Crippen LogP contribution is -2.48. The van der Waals surface area contributed by atoms with Crippen molar-refractivity contribution in [3.63, 3.8) is 0 Å². The molecule has 1 aromatic rings. The fraction of sp³-hybridized carbons (Fsp3) is 0.500. The van der Waals surface area contributed by atoms with Crippen molar-refractivity contribution in [1.29, 1.82) is 0 Å². The zero-order valence-corrected chi connectivity index (χ0v) is 13.4. The highest BCUT2D eigenvalue weighted by atomic mass is 127. The normalized spacial score (nSPS) is 27.7. The predicted molar refractivity (Wildman–Crippen MR) is 84.0 cm³/mol. The molecule has 0 spiro atoms. The first-order valence-electron chi connectivity index (χ1n) is 6.92. The Morgan fingerprint density at radius 2 is 1.95 bits per heavy atom. The summed E-state index contributed by atoms with van der Waals surface area (Å²) in [5, 5.41) is 20.7. The molecule has 2 aliphatic heterocycles. The van der Waals surface area contributed by atoms with Crippen LogP contribution in [0.4, 0.5) is 5.69 Å². The monoisotopic (exact) mass is 402 g/mol. The van der Waals surface area contributed by atoms with Crippen molar-refractivity contribution < 1.29 is 14.8 Å². The smallest absolute Gasteiger partial charge is 0.270 e. The third-order valence-corrected chi connectivity index (χ3v) is 5.27. The lowest BCUT2D eigenvalue weighted by molar-refractivity contribution is -0.384. The number of rotatable bonds is 2. The number of hydrogen-bond donors (Lipinski definition) is 1. The van der Waals surface area contributed by atoms with Gasteiger partial charge in [0.25, 0.3) is 11.6 Å². The topological polar surface area (TPSA) is 83.7 Å². The second kappa shape index (κ2) is 5.53. The SMILES string of the molecule is O=C(c1cc([N+](=O)[O-])ccc1I)N1C2CCC1CC(O)C2. The van der Waals surface area contributed by atoms with Crippen LogP contribution in [-0.4, -0.2) is 39.0 Å². The Kier molecular flexibility index (Phi) is 3.87. The van der Waals surface area contributed by atoms with Gasteiger partial charge in [0.1, 0.15) is 0 Å². The summed E-state index contributed by atoms with van der Waals surface area (Å²) in [7, 11) is 0.